The Labute approximate surface area is 186 Å². The van der Waals surface area contributed by atoms with E-state index in [0.29, 0.717) is 6.54 Å². The number of hydrogen-bond acceptors (Lipinski definition) is 4. The van der Waals surface area contributed by atoms with Gasteiger partial charge in [-0.1, -0.05) is 54.6 Å². The van der Waals surface area contributed by atoms with Crippen LogP contribution in [0.15, 0.2) is 90.0 Å². The largest absolute Gasteiger partial charge is 0.341 e. The van der Waals surface area contributed by atoms with Crippen molar-refractivity contribution in [2.75, 3.05) is 13.1 Å². The molecule has 0 N–H and O–H groups in total. The van der Waals surface area contributed by atoms with Gasteiger partial charge in [0.25, 0.3) is 0 Å². The van der Waals surface area contributed by atoms with Crippen LogP contribution in [0.2, 0.25) is 0 Å². The van der Waals surface area contributed by atoms with Crippen molar-refractivity contribution >= 4 is 23.3 Å². The zero-order valence-corrected chi connectivity index (χ0v) is 18.0. The summed E-state index contributed by atoms with van der Waals surface area (Å²) < 4.78 is 2.05. The summed E-state index contributed by atoms with van der Waals surface area (Å²) >= 11 is 1.62. The van der Waals surface area contributed by atoms with E-state index in [1.54, 1.807) is 11.8 Å². The van der Waals surface area contributed by atoms with Gasteiger partial charge in [0.2, 0.25) is 5.91 Å². The number of hydrogen-bond donors (Lipinski definition) is 0. The number of piperidine rings is 1. The van der Waals surface area contributed by atoms with Crippen molar-refractivity contribution in [2.45, 2.75) is 28.9 Å². The van der Waals surface area contributed by atoms with Gasteiger partial charge >= 0.3 is 0 Å². The van der Waals surface area contributed by atoms with Gasteiger partial charge < -0.3 is 4.90 Å². The molecule has 31 heavy (non-hydrogen) atoms. The number of benzene rings is 2. The second-order valence-corrected chi connectivity index (χ2v) is 9.01. The quantitative estimate of drug-likeness (QED) is 0.421. The van der Waals surface area contributed by atoms with E-state index in [2.05, 4.69) is 22.3 Å². The molecule has 0 spiro atoms. The molecule has 3 heterocycles. The molecule has 0 aliphatic carbocycles. The molecule has 2 atom stereocenters. The minimum absolute atomic E-state index is 0.165. The normalized spacial score (nSPS) is 17.5. The SMILES string of the molecule is O=C([C@H](Sc1ccccc1)c1ccccc1)N1CCC[C@@H](c2nnc3ccccn23)C1. The van der Waals surface area contributed by atoms with E-state index in [9.17, 15) is 4.79 Å². The van der Waals surface area contributed by atoms with Crippen molar-refractivity contribution in [1.82, 2.24) is 19.5 Å². The minimum Gasteiger partial charge on any atom is -0.341 e. The highest BCUT2D eigenvalue weighted by Gasteiger charge is 2.32. The van der Waals surface area contributed by atoms with Crippen molar-refractivity contribution in [2.24, 2.45) is 0 Å². The highest BCUT2D eigenvalue weighted by molar-refractivity contribution is 8.00. The molecule has 1 aliphatic heterocycles. The summed E-state index contributed by atoms with van der Waals surface area (Å²) in [6, 6.07) is 26.2. The predicted molar refractivity (Wildman–Crippen MR) is 123 cm³/mol. The van der Waals surface area contributed by atoms with Crippen LogP contribution in [0, 0.1) is 0 Å². The van der Waals surface area contributed by atoms with Gasteiger partial charge in [-0.2, -0.15) is 0 Å². The van der Waals surface area contributed by atoms with Crippen molar-refractivity contribution in [3.63, 3.8) is 0 Å². The van der Waals surface area contributed by atoms with Crippen LogP contribution < -0.4 is 0 Å². The first-order chi connectivity index (χ1) is 15.3. The fourth-order valence-electron chi connectivity index (χ4n) is 4.22. The molecule has 0 radical (unpaired) electrons. The number of nitrogens with zero attached hydrogens (tertiary/aromatic N) is 4. The number of carbonyl (C=O) groups is 1. The molecule has 2 aromatic carbocycles. The lowest BCUT2D eigenvalue weighted by Gasteiger charge is -2.34. The van der Waals surface area contributed by atoms with E-state index in [-0.39, 0.29) is 17.1 Å². The number of pyridine rings is 1. The van der Waals surface area contributed by atoms with Crippen LogP contribution in [0.1, 0.15) is 35.4 Å². The van der Waals surface area contributed by atoms with E-state index < -0.39 is 0 Å². The third-order valence-electron chi connectivity index (χ3n) is 5.76. The lowest BCUT2D eigenvalue weighted by molar-refractivity contribution is -0.132. The van der Waals surface area contributed by atoms with Crippen LogP contribution in [0.5, 0.6) is 0 Å². The maximum Gasteiger partial charge on any atom is 0.240 e. The molecule has 6 heteroatoms. The number of rotatable bonds is 5. The van der Waals surface area contributed by atoms with Crippen LogP contribution in [0.3, 0.4) is 0 Å². The molecule has 5 nitrogen and oxygen atoms in total. The van der Waals surface area contributed by atoms with Gasteiger partial charge in [0.1, 0.15) is 11.1 Å². The van der Waals surface area contributed by atoms with Gasteiger partial charge in [-0.3, -0.25) is 9.20 Å². The van der Waals surface area contributed by atoms with Crippen LogP contribution >= 0.6 is 11.8 Å². The molecule has 5 rings (SSSR count). The van der Waals surface area contributed by atoms with E-state index in [1.807, 2.05) is 82.2 Å². The Balaban J connectivity index is 1.40. The third-order valence-corrected chi connectivity index (χ3v) is 7.02. The molecule has 1 amide bonds. The Kier molecular flexibility index (Phi) is 5.71. The molecule has 1 saturated heterocycles. The standard InChI is InChI=1S/C25H24N4OS/c30-25(23(19-10-3-1-4-11-19)31-21-13-5-2-6-14-21)28-16-9-12-20(18-28)24-27-26-22-15-7-8-17-29(22)24/h1-8,10-11,13-15,17,20,23H,9,12,16,18H2/t20-,23-/m1/s1. The first-order valence-corrected chi connectivity index (χ1v) is 11.5. The number of aromatic nitrogens is 3. The molecule has 1 aliphatic rings. The molecule has 1 fully saturated rings. The van der Waals surface area contributed by atoms with Gasteiger partial charge in [0.05, 0.1) is 0 Å². The van der Waals surface area contributed by atoms with Crippen molar-refractivity contribution < 1.29 is 4.79 Å². The Morgan fingerprint density at radius 3 is 2.48 bits per heavy atom. The van der Waals surface area contributed by atoms with Crippen LogP contribution in [-0.4, -0.2) is 38.5 Å². The van der Waals surface area contributed by atoms with E-state index >= 15 is 0 Å². The second-order valence-electron chi connectivity index (χ2n) is 7.83. The monoisotopic (exact) mass is 428 g/mol. The Morgan fingerprint density at radius 2 is 1.68 bits per heavy atom. The Hall–Kier alpha value is -3.12. The predicted octanol–water partition coefficient (Wildman–Crippen LogP) is 4.97. The molecule has 4 aromatic rings. The van der Waals surface area contributed by atoms with E-state index in [0.717, 1.165) is 41.3 Å². The van der Waals surface area contributed by atoms with Gasteiger partial charge in [-0.05, 0) is 42.7 Å². The lowest BCUT2D eigenvalue weighted by Crippen LogP contribution is -2.41. The van der Waals surface area contributed by atoms with Crippen LogP contribution in [0.4, 0.5) is 0 Å². The smallest absolute Gasteiger partial charge is 0.240 e. The summed E-state index contributed by atoms with van der Waals surface area (Å²) in [6.45, 7) is 1.46. The molecular formula is C25H24N4OS. The van der Waals surface area contributed by atoms with Gasteiger partial charge in [-0.15, -0.1) is 22.0 Å². The average Bonchev–Trinajstić information content (AvgIpc) is 3.28. The maximum absolute atomic E-state index is 13.7. The van der Waals surface area contributed by atoms with E-state index in [4.69, 9.17) is 0 Å². The molecule has 0 unspecified atom stereocenters. The van der Waals surface area contributed by atoms with Crippen molar-refractivity contribution in [3.8, 4) is 0 Å². The summed E-state index contributed by atoms with van der Waals surface area (Å²) in [5, 5.41) is 8.49. The zero-order valence-electron chi connectivity index (χ0n) is 17.2. The number of carbonyl (C=O) groups excluding carboxylic acids is 1. The summed E-state index contributed by atoms with van der Waals surface area (Å²) in [6.07, 6.45) is 3.99. The molecular weight excluding hydrogens is 404 g/mol. The van der Waals surface area contributed by atoms with Crippen LogP contribution in [-0.2, 0) is 4.79 Å². The van der Waals surface area contributed by atoms with Gasteiger partial charge in [-0.25, -0.2) is 0 Å². The average molecular weight is 429 g/mol. The van der Waals surface area contributed by atoms with Crippen molar-refractivity contribution in [3.05, 3.63) is 96.4 Å². The first kappa shape index (κ1) is 19.8. The number of amides is 1. The molecule has 0 saturated carbocycles. The number of fused-ring (bicyclic) bond motifs is 1. The Morgan fingerprint density at radius 1 is 0.935 bits per heavy atom. The molecule has 156 valence electrons. The van der Waals surface area contributed by atoms with Gasteiger partial charge in [0, 0.05) is 30.1 Å². The minimum atomic E-state index is -0.266. The fraction of sp³-hybridized carbons (Fsp3) is 0.240. The molecule has 0 bridgehead atoms. The zero-order chi connectivity index (χ0) is 21.0. The highest BCUT2D eigenvalue weighted by atomic mass is 32.2. The molecule has 2 aromatic heterocycles. The van der Waals surface area contributed by atoms with Crippen molar-refractivity contribution in [1.29, 1.82) is 0 Å². The second kappa shape index (κ2) is 8.94. The third kappa shape index (κ3) is 4.21. The highest BCUT2D eigenvalue weighted by Crippen LogP contribution is 2.38. The fourth-order valence-corrected chi connectivity index (χ4v) is 5.35. The first-order valence-electron chi connectivity index (χ1n) is 10.6. The Bertz CT molecular complexity index is 1160. The van der Waals surface area contributed by atoms with Gasteiger partial charge in [0.15, 0.2) is 5.65 Å². The topological polar surface area (TPSA) is 50.5 Å². The maximum atomic E-state index is 13.7. The number of likely N-dealkylation sites (tertiary alicyclic amines) is 1. The van der Waals surface area contributed by atoms with Crippen LogP contribution in [0.25, 0.3) is 5.65 Å². The summed E-state index contributed by atoms with van der Waals surface area (Å²) in [4.78, 5) is 16.9. The summed E-state index contributed by atoms with van der Waals surface area (Å²) in [5.41, 5.74) is 1.89. The number of thioether (sulfide) groups is 1. The van der Waals surface area contributed by atoms with E-state index in [1.165, 1.54) is 0 Å². The summed E-state index contributed by atoms with van der Waals surface area (Å²) in [5.74, 6) is 1.30. The summed E-state index contributed by atoms with van der Waals surface area (Å²) in [7, 11) is 0. The lowest BCUT2D eigenvalue weighted by atomic mass is 9.96.